The topological polar surface area (TPSA) is 54.4 Å². The van der Waals surface area contributed by atoms with E-state index in [-0.39, 0.29) is 5.97 Å². The second kappa shape index (κ2) is 6.90. The normalized spacial score (nSPS) is 16.9. The average molecular weight is 392 g/mol. The lowest BCUT2D eigenvalue weighted by molar-refractivity contribution is 0.0606. The van der Waals surface area contributed by atoms with Crippen LogP contribution >= 0.6 is 22.9 Å². The molecule has 0 aliphatic carbocycles. The predicted molar refractivity (Wildman–Crippen MR) is 102 cm³/mol. The Morgan fingerprint density at radius 3 is 2.77 bits per heavy atom. The molecule has 0 unspecified atom stereocenters. The highest BCUT2D eigenvalue weighted by Gasteiger charge is 2.27. The van der Waals surface area contributed by atoms with E-state index in [1.54, 1.807) is 12.1 Å². The van der Waals surface area contributed by atoms with Crippen LogP contribution in [0.5, 0.6) is 10.8 Å². The van der Waals surface area contributed by atoms with E-state index in [4.69, 9.17) is 26.1 Å². The molecule has 6 nitrogen and oxygen atoms in total. The highest BCUT2D eigenvalue weighted by atomic mass is 35.5. The maximum atomic E-state index is 11.9. The first-order chi connectivity index (χ1) is 12.5. The Kier molecular flexibility index (Phi) is 4.60. The first kappa shape index (κ1) is 17.3. The van der Waals surface area contributed by atoms with Gasteiger partial charge >= 0.3 is 5.97 Å². The highest BCUT2D eigenvalue weighted by molar-refractivity contribution is 7.16. The van der Waals surface area contributed by atoms with Crippen molar-refractivity contribution in [2.45, 2.75) is 0 Å². The molecule has 4 rings (SSSR count). The van der Waals surface area contributed by atoms with Gasteiger partial charge in [0.2, 0.25) is 5.06 Å². The zero-order valence-electron chi connectivity index (χ0n) is 14.5. The molecule has 1 aromatic heterocycles. The van der Waals surface area contributed by atoms with Crippen molar-refractivity contribution >= 4 is 40.4 Å². The standard InChI is InChI=1S/C18H18ClN3O3S/c1-21-5-7-22(8-6-21)16-12-9-11(19)3-4-14(12)25-18-13(20-16)10-15(26-18)17(23)24-2/h3-4,9-10H,5-8H2,1-2H3. The molecule has 0 spiro atoms. The minimum atomic E-state index is -0.389. The van der Waals surface area contributed by atoms with E-state index in [0.29, 0.717) is 26.4 Å². The Bertz CT molecular complexity index is 888. The molecule has 0 amide bonds. The summed E-state index contributed by atoms with van der Waals surface area (Å²) in [5.41, 5.74) is 1.50. The molecule has 0 atom stereocenters. The molecule has 0 bridgehead atoms. The van der Waals surface area contributed by atoms with Crippen LogP contribution in [0.2, 0.25) is 5.02 Å². The summed E-state index contributed by atoms with van der Waals surface area (Å²) in [4.78, 5) is 21.7. The van der Waals surface area contributed by atoms with E-state index in [9.17, 15) is 4.79 Å². The number of likely N-dealkylation sites (N-methyl/N-ethyl adjacent to an activating group) is 1. The largest absolute Gasteiger partial charge is 0.465 e. The molecule has 0 saturated carbocycles. The molecular formula is C18H18ClN3O3S. The van der Waals surface area contributed by atoms with Gasteiger partial charge in [-0.05, 0) is 31.3 Å². The van der Waals surface area contributed by atoms with Gasteiger partial charge < -0.3 is 19.3 Å². The Hall–Kier alpha value is -2.09. The van der Waals surface area contributed by atoms with Gasteiger partial charge in [-0.2, -0.15) is 0 Å². The number of thiophene rings is 1. The number of piperazine rings is 1. The third kappa shape index (κ3) is 3.18. The van der Waals surface area contributed by atoms with Gasteiger partial charge in [-0.25, -0.2) is 9.79 Å². The van der Waals surface area contributed by atoms with Gasteiger partial charge in [0.05, 0.1) is 12.7 Å². The van der Waals surface area contributed by atoms with Crippen LogP contribution in [0.1, 0.15) is 15.2 Å². The molecule has 136 valence electrons. The van der Waals surface area contributed by atoms with Gasteiger partial charge in [-0.3, -0.25) is 0 Å². The lowest BCUT2D eigenvalue weighted by Crippen LogP contribution is -2.47. The number of hydrogen-bond donors (Lipinski definition) is 0. The van der Waals surface area contributed by atoms with E-state index in [2.05, 4.69) is 16.8 Å². The number of esters is 1. The lowest BCUT2D eigenvalue weighted by Gasteiger charge is -2.34. The van der Waals surface area contributed by atoms with Crippen LogP contribution in [0.15, 0.2) is 29.3 Å². The number of carbonyl (C=O) groups excluding carboxylic acids is 1. The van der Waals surface area contributed by atoms with E-state index in [1.807, 2.05) is 12.1 Å². The Morgan fingerprint density at radius 2 is 2.04 bits per heavy atom. The first-order valence-electron chi connectivity index (χ1n) is 8.27. The van der Waals surface area contributed by atoms with Gasteiger partial charge in [-0.15, -0.1) is 0 Å². The van der Waals surface area contributed by atoms with E-state index in [1.165, 1.54) is 18.4 Å². The van der Waals surface area contributed by atoms with E-state index in [0.717, 1.165) is 37.6 Å². The van der Waals surface area contributed by atoms with Crippen LogP contribution in [0.25, 0.3) is 0 Å². The molecular weight excluding hydrogens is 374 g/mol. The van der Waals surface area contributed by atoms with Crippen LogP contribution in [-0.2, 0) is 4.74 Å². The highest BCUT2D eigenvalue weighted by Crippen LogP contribution is 2.44. The van der Waals surface area contributed by atoms with Gasteiger partial charge in [-0.1, -0.05) is 22.9 Å². The average Bonchev–Trinajstić information content (AvgIpc) is 2.97. The minimum Gasteiger partial charge on any atom is -0.465 e. The molecule has 0 N–H and O–H groups in total. The fraction of sp³-hybridized carbons (Fsp3) is 0.333. The maximum Gasteiger partial charge on any atom is 0.348 e. The Balaban J connectivity index is 1.81. The second-order valence-corrected chi connectivity index (χ2v) is 7.69. The van der Waals surface area contributed by atoms with Crippen LogP contribution in [0, 0.1) is 0 Å². The van der Waals surface area contributed by atoms with Crippen LogP contribution in [-0.4, -0.2) is 61.9 Å². The summed E-state index contributed by atoms with van der Waals surface area (Å²) in [7, 11) is 3.48. The Morgan fingerprint density at radius 1 is 1.27 bits per heavy atom. The summed E-state index contributed by atoms with van der Waals surface area (Å²) in [6.45, 7) is 3.65. The SMILES string of the molecule is COC(=O)c1cc2c(s1)Oc1ccc(Cl)cc1C(N1CCN(C)CC1)=N2. The summed E-state index contributed by atoms with van der Waals surface area (Å²) >= 11 is 7.47. The quantitative estimate of drug-likeness (QED) is 0.695. The second-order valence-electron chi connectivity index (χ2n) is 6.24. The number of fused-ring (bicyclic) bond motifs is 2. The van der Waals surface area contributed by atoms with Gasteiger partial charge in [0.1, 0.15) is 22.1 Å². The molecule has 1 aromatic carbocycles. The van der Waals surface area contributed by atoms with E-state index >= 15 is 0 Å². The third-order valence-corrected chi connectivity index (χ3v) is 5.70. The molecule has 0 radical (unpaired) electrons. The fourth-order valence-corrected chi connectivity index (χ4v) is 4.07. The van der Waals surface area contributed by atoms with Crippen LogP contribution < -0.4 is 4.74 Å². The monoisotopic (exact) mass is 391 g/mol. The fourth-order valence-electron chi connectivity index (χ4n) is 3.02. The van der Waals surface area contributed by atoms with Crippen molar-refractivity contribution in [1.82, 2.24) is 9.80 Å². The van der Waals surface area contributed by atoms with Gasteiger partial charge in [0.15, 0.2) is 0 Å². The molecule has 3 heterocycles. The first-order valence-corrected chi connectivity index (χ1v) is 9.46. The number of nitrogens with zero attached hydrogens (tertiary/aromatic N) is 3. The number of amidine groups is 1. The number of hydrogen-bond acceptors (Lipinski definition) is 7. The summed E-state index contributed by atoms with van der Waals surface area (Å²) < 4.78 is 10.9. The van der Waals surface area contributed by atoms with E-state index < -0.39 is 0 Å². The summed E-state index contributed by atoms with van der Waals surface area (Å²) in [6.07, 6.45) is 0. The van der Waals surface area contributed by atoms with Crippen molar-refractivity contribution in [2.75, 3.05) is 40.3 Å². The maximum absolute atomic E-state index is 11.9. The van der Waals surface area contributed by atoms with Gasteiger partial charge in [0, 0.05) is 31.2 Å². The number of methoxy groups -OCH3 is 1. The summed E-state index contributed by atoms with van der Waals surface area (Å²) in [6, 6.07) is 7.24. The van der Waals surface area contributed by atoms with Gasteiger partial charge in [0.25, 0.3) is 0 Å². The van der Waals surface area contributed by atoms with Crippen LogP contribution in [0.4, 0.5) is 5.69 Å². The lowest BCUT2D eigenvalue weighted by atomic mass is 10.1. The molecule has 2 aliphatic rings. The third-order valence-electron chi connectivity index (χ3n) is 4.48. The number of aliphatic imine (C=N–C) groups is 1. The minimum absolute atomic E-state index is 0.389. The summed E-state index contributed by atoms with van der Waals surface area (Å²) in [5.74, 6) is 1.12. The molecule has 1 saturated heterocycles. The smallest absolute Gasteiger partial charge is 0.348 e. The molecule has 1 fully saturated rings. The van der Waals surface area contributed by atoms with Crippen molar-refractivity contribution < 1.29 is 14.3 Å². The molecule has 2 aliphatic heterocycles. The van der Waals surface area contributed by atoms with Crippen molar-refractivity contribution in [2.24, 2.45) is 4.99 Å². The van der Waals surface area contributed by atoms with Crippen molar-refractivity contribution in [3.63, 3.8) is 0 Å². The zero-order valence-corrected chi connectivity index (χ0v) is 16.1. The van der Waals surface area contributed by atoms with Crippen molar-refractivity contribution in [3.05, 3.63) is 39.7 Å². The number of carbonyl (C=O) groups is 1. The van der Waals surface area contributed by atoms with Crippen molar-refractivity contribution in [3.8, 4) is 10.8 Å². The zero-order chi connectivity index (χ0) is 18.3. The van der Waals surface area contributed by atoms with Crippen LogP contribution in [0.3, 0.4) is 0 Å². The molecule has 8 heteroatoms. The molecule has 26 heavy (non-hydrogen) atoms. The Labute approximate surface area is 160 Å². The summed E-state index contributed by atoms with van der Waals surface area (Å²) in [5, 5.41) is 1.22. The van der Waals surface area contributed by atoms with Crippen molar-refractivity contribution in [1.29, 1.82) is 0 Å². The predicted octanol–water partition coefficient (Wildman–Crippen LogP) is 3.62. The number of ether oxygens (including phenoxy) is 2. The number of rotatable bonds is 1. The number of halogens is 1. The molecule has 2 aromatic rings. The number of benzene rings is 1.